The molecule has 308 valence electrons. The summed E-state index contributed by atoms with van der Waals surface area (Å²) >= 11 is 0. The molecule has 57 heavy (non-hydrogen) atoms. The molecule has 4 aromatic rings. The lowest BCUT2D eigenvalue weighted by molar-refractivity contribution is -0.147. The first-order chi connectivity index (χ1) is 27.6. The van der Waals surface area contributed by atoms with Gasteiger partial charge in [-0.15, -0.1) is 10.2 Å². The van der Waals surface area contributed by atoms with Gasteiger partial charge in [0.25, 0.3) is 0 Å². The molecule has 2 aromatic carbocycles. The lowest BCUT2D eigenvalue weighted by Gasteiger charge is -2.26. The summed E-state index contributed by atoms with van der Waals surface area (Å²) in [5.74, 6) is 1.14. The van der Waals surface area contributed by atoms with E-state index in [-0.39, 0.29) is 42.0 Å². The highest BCUT2D eigenvalue weighted by molar-refractivity contribution is 5.82. The van der Waals surface area contributed by atoms with Gasteiger partial charge in [-0.25, -0.2) is 19.8 Å². The third-order valence-corrected chi connectivity index (χ3v) is 11.1. The Kier molecular flexibility index (Phi) is 17.0. The summed E-state index contributed by atoms with van der Waals surface area (Å²) in [6.45, 7) is 0.794. The predicted octanol–water partition coefficient (Wildman–Crippen LogP) is 5.57. The molecule has 7 rings (SSSR count). The number of nitrogens with one attached hydrogen (secondary N) is 2. The molecule has 0 radical (unpaired) electrons. The Bertz CT molecular complexity index is 1900. The maximum atomic E-state index is 11.9. The molecule has 0 saturated heterocycles. The summed E-state index contributed by atoms with van der Waals surface area (Å²) in [6.07, 6.45) is 11.9. The van der Waals surface area contributed by atoms with Gasteiger partial charge in [0.1, 0.15) is 19.0 Å². The molecular formula is C42H56N6O9. The summed E-state index contributed by atoms with van der Waals surface area (Å²) in [5, 5.41) is 12.3. The molecule has 0 amide bonds. The molecule has 15 heteroatoms. The number of esters is 2. The van der Waals surface area contributed by atoms with Crippen LogP contribution in [0.1, 0.15) is 125 Å². The Morgan fingerprint density at radius 2 is 1.02 bits per heavy atom. The molecular weight excluding hydrogens is 732 g/mol. The third-order valence-electron chi connectivity index (χ3n) is 11.1. The van der Waals surface area contributed by atoms with Crippen LogP contribution in [-0.4, -0.2) is 50.7 Å². The Morgan fingerprint density at radius 1 is 0.614 bits per heavy atom. The van der Waals surface area contributed by atoms with E-state index in [0.717, 1.165) is 88.2 Å². The quantitative estimate of drug-likeness (QED) is 0.129. The van der Waals surface area contributed by atoms with Gasteiger partial charge < -0.3 is 29.8 Å². The summed E-state index contributed by atoms with van der Waals surface area (Å²) in [4.78, 5) is 57.0. The van der Waals surface area contributed by atoms with Crippen molar-refractivity contribution in [3.8, 4) is 0 Å². The number of rotatable bonds is 12. The van der Waals surface area contributed by atoms with Crippen LogP contribution in [0, 0.1) is 17.8 Å². The number of carbonyl (C=O) groups excluding carboxylic acids is 3. The molecule has 3 aliphatic rings. The number of hydrogen-bond acceptors (Lipinski definition) is 13. The van der Waals surface area contributed by atoms with Crippen molar-refractivity contribution in [1.29, 1.82) is 0 Å². The van der Waals surface area contributed by atoms with Crippen LogP contribution < -0.4 is 23.0 Å². The topological polar surface area (TPSA) is 239 Å². The molecule has 0 bridgehead atoms. The standard InChI is InChI=1S/C17H20N2O4.C17H23NO3.C8H13N3O2/c20-15(22-11-13-4-2-1-3-5-13)10-12-6-8-14(9-7-12)16-18-19-17(21)23-16;18-11-16(19)15-8-6-13(7-9-15)10-17(20)21-12-14-4-2-1-3-5-14;9-6-3-1-5(2-4-6)7-10-11-8(12)13-7/h1-5,12,14H,6-11H2,(H,19,21);1-5,13,15H,6-12,18H2;5-6H,1-4,9H2,(H,11,12). The maximum Gasteiger partial charge on any atom is 0.434 e. The minimum Gasteiger partial charge on any atom is -0.461 e. The molecule has 3 fully saturated rings. The fourth-order valence-electron chi connectivity index (χ4n) is 7.73. The highest BCUT2D eigenvalue weighted by atomic mass is 16.5. The van der Waals surface area contributed by atoms with Crippen molar-refractivity contribution < 1.29 is 32.7 Å². The van der Waals surface area contributed by atoms with Crippen molar-refractivity contribution in [3.05, 3.63) is 105 Å². The number of carbonyl (C=O) groups is 3. The molecule has 15 nitrogen and oxygen atoms in total. The first-order valence-electron chi connectivity index (χ1n) is 20.1. The Balaban J connectivity index is 0.000000169. The second-order valence-corrected chi connectivity index (χ2v) is 15.3. The van der Waals surface area contributed by atoms with E-state index in [0.29, 0.717) is 55.7 Å². The second kappa shape index (κ2) is 22.6. The number of benzene rings is 2. The Morgan fingerprint density at radius 3 is 1.40 bits per heavy atom. The summed E-state index contributed by atoms with van der Waals surface area (Å²) < 4.78 is 20.5. The van der Waals surface area contributed by atoms with E-state index in [1.54, 1.807) is 0 Å². The molecule has 0 spiro atoms. The zero-order valence-electron chi connectivity index (χ0n) is 32.5. The van der Waals surface area contributed by atoms with Crippen LogP contribution in [0.15, 0.2) is 79.1 Å². The number of H-pyrrole nitrogens is 2. The van der Waals surface area contributed by atoms with Crippen molar-refractivity contribution in [2.24, 2.45) is 29.2 Å². The van der Waals surface area contributed by atoms with Gasteiger partial charge in [0.05, 0.1) is 6.54 Å². The SMILES string of the molecule is NC1CCC(c2n[nH]c(=O)o2)CC1.NCC(=O)C1CCC(CC(=O)OCc2ccccc2)CC1.O=C(CC1CCC(c2n[nH]c(=O)o2)CC1)OCc1ccccc1. The number of nitrogens with zero attached hydrogens (tertiary/aromatic N) is 2. The zero-order valence-corrected chi connectivity index (χ0v) is 32.5. The summed E-state index contributed by atoms with van der Waals surface area (Å²) in [6, 6.07) is 19.7. The third kappa shape index (κ3) is 14.7. The number of hydrogen-bond donors (Lipinski definition) is 4. The number of aromatic amines is 2. The van der Waals surface area contributed by atoms with Crippen LogP contribution in [0.2, 0.25) is 0 Å². The van der Waals surface area contributed by atoms with Crippen molar-refractivity contribution in [1.82, 2.24) is 20.4 Å². The highest BCUT2D eigenvalue weighted by Crippen LogP contribution is 2.36. The molecule has 6 N–H and O–H groups in total. The fourth-order valence-corrected chi connectivity index (χ4v) is 7.73. The van der Waals surface area contributed by atoms with Crippen molar-refractivity contribution >= 4 is 17.7 Å². The highest BCUT2D eigenvalue weighted by Gasteiger charge is 2.29. The lowest BCUT2D eigenvalue weighted by Crippen LogP contribution is -2.28. The fraction of sp³-hybridized carbons (Fsp3) is 0.548. The van der Waals surface area contributed by atoms with Crippen LogP contribution in [0.25, 0.3) is 0 Å². The molecule has 3 saturated carbocycles. The average molecular weight is 789 g/mol. The van der Waals surface area contributed by atoms with Gasteiger partial charge in [-0.2, -0.15) is 0 Å². The van der Waals surface area contributed by atoms with Gasteiger partial charge >= 0.3 is 23.5 Å². The van der Waals surface area contributed by atoms with Crippen LogP contribution in [0.5, 0.6) is 0 Å². The van der Waals surface area contributed by atoms with Crippen molar-refractivity contribution in [2.75, 3.05) is 6.54 Å². The van der Waals surface area contributed by atoms with Crippen molar-refractivity contribution in [2.45, 2.75) is 121 Å². The number of Topliss-reactive ketones (excluding diaryl/α,β-unsaturated/α-hetero) is 1. The Hall–Kier alpha value is -5.15. The van der Waals surface area contributed by atoms with E-state index >= 15 is 0 Å². The van der Waals surface area contributed by atoms with Gasteiger partial charge in [0.15, 0.2) is 0 Å². The molecule has 2 aromatic heterocycles. The molecule has 0 unspecified atom stereocenters. The van der Waals surface area contributed by atoms with Gasteiger partial charge in [0.2, 0.25) is 11.8 Å². The summed E-state index contributed by atoms with van der Waals surface area (Å²) in [5.41, 5.74) is 13.2. The normalized spacial score (nSPS) is 23.1. The minimum absolute atomic E-state index is 0.103. The summed E-state index contributed by atoms with van der Waals surface area (Å²) in [7, 11) is 0. The molecule has 0 atom stereocenters. The lowest BCUT2D eigenvalue weighted by atomic mass is 9.79. The van der Waals surface area contributed by atoms with Crippen LogP contribution in [0.3, 0.4) is 0 Å². The maximum absolute atomic E-state index is 11.9. The monoisotopic (exact) mass is 788 g/mol. The largest absolute Gasteiger partial charge is 0.461 e. The van der Waals surface area contributed by atoms with Gasteiger partial charge in [-0.1, -0.05) is 60.7 Å². The van der Waals surface area contributed by atoms with Crippen LogP contribution in [0.4, 0.5) is 0 Å². The molecule has 3 aliphatic carbocycles. The number of nitrogens with two attached hydrogens (primary N) is 2. The minimum atomic E-state index is -0.508. The van der Waals surface area contributed by atoms with E-state index in [9.17, 15) is 24.0 Å². The number of ether oxygens (including phenoxy) is 2. The van der Waals surface area contributed by atoms with E-state index in [2.05, 4.69) is 20.4 Å². The molecule has 2 heterocycles. The van der Waals surface area contributed by atoms with Gasteiger partial charge in [0, 0.05) is 36.6 Å². The second-order valence-electron chi connectivity index (χ2n) is 15.3. The molecule has 0 aliphatic heterocycles. The van der Waals surface area contributed by atoms with E-state index < -0.39 is 11.5 Å². The van der Waals surface area contributed by atoms with Crippen molar-refractivity contribution in [3.63, 3.8) is 0 Å². The van der Waals surface area contributed by atoms with Crippen LogP contribution >= 0.6 is 0 Å². The first-order valence-corrected chi connectivity index (χ1v) is 20.1. The van der Waals surface area contributed by atoms with Crippen LogP contribution in [-0.2, 0) is 37.1 Å². The zero-order chi connectivity index (χ0) is 40.4. The Labute approximate surface area is 331 Å². The number of ketones is 1. The van der Waals surface area contributed by atoms with Gasteiger partial charge in [-0.05, 0) is 100 Å². The predicted molar refractivity (Wildman–Crippen MR) is 209 cm³/mol. The first kappa shape index (κ1) is 43.0. The van der Waals surface area contributed by atoms with E-state index in [1.807, 2.05) is 60.7 Å². The van der Waals surface area contributed by atoms with Gasteiger partial charge in [-0.3, -0.25) is 14.4 Å². The van der Waals surface area contributed by atoms with E-state index in [1.165, 1.54) is 0 Å². The smallest absolute Gasteiger partial charge is 0.434 e. The number of aromatic nitrogens is 4. The average Bonchev–Trinajstić information content (AvgIpc) is 3.89. The van der Waals surface area contributed by atoms with E-state index in [4.69, 9.17) is 29.8 Å².